The van der Waals surface area contributed by atoms with E-state index in [0.717, 1.165) is 19.3 Å². The van der Waals surface area contributed by atoms with Crippen LogP contribution >= 0.6 is 11.8 Å². The van der Waals surface area contributed by atoms with Crippen LogP contribution in [0.4, 0.5) is 0 Å². The molecule has 0 saturated heterocycles. The molecule has 114 valence electrons. The van der Waals surface area contributed by atoms with E-state index >= 15 is 0 Å². The van der Waals surface area contributed by atoms with Gasteiger partial charge in [0.25, 0.3) is 0 Å². The average molecular weight is 315 g/mol. The zero-order valence-corrected chi connectivity index (χ0v) is 13.5. The Hall–Kier alpha value is -2.23. The molecule has 0 aliphatic heterocycles. The first-order chi connectivity index (χ1) is 10.6. The van der Waals surface area contributed by atoms with Gasteiger partial charge in [0.15, 0.2) is 0 Å². The highest BCUT2D eigenvalue weighted by Crippen LogP contribution is 2.41. The van der Waals surface area contributed by atoms with Gasteiger partial charge < -0.3 is 4.74 Å². The van der Waals surface area contributed by atoms with Crippen molar-refractivity contribution in [2.24, 2.45) is 5.92 Å². The van der Waals surface area contributed by atoms with Gasteiger partial charge in [0.05, 0.1) is 6.61 Å². The topological polar surface area (TPSA) is 97.7 Å². The summed E-state index contributed by atoms with van der Waals surface area (Å²) in [6.07, 6.45) is 4.95. The summed E-state index contributed by atoms with van der Waals surface area (Å²) in [5, 5.41) is 27.6. The Morgan fingerprint density at radius 1 is 1.27 bits per heavy atom. The van der Waals surface area contributed by atoms with Crippen molar-refractivity contribution in [1.82, 2.24) is 0 Å². The number of rotatable bonds is 4. The number of nitrogens with zero attached hydrogens (tertiary/aromatic N) is 3. The molecular formula is C16H17N3O2S. The predicted octanol–water partition coefficient (Wildman–Crippen LogP) is 3.22. The Morgan fingerprint density at radius 2 is 1.95 bits per heavy atom. The fourth-order valence-corrected chi connectivity index (χ4v) is 3.45. The molecule has 0 amide bonds. The number of ether oxygens (including phenoxy) is 1. The van der Waals surface area contributed by atoms with Gasteiger partial charge in [-0.25, -0.2) is 4.79 Å². The summed E-state index contributed by atoms with van der Waals surface area (Å²) in [5.41, 5.74) is 0.769. The van der Waals surface area contributed by atoms with E-state index in [0.29, 0.717) is 16.9 Å². The molecule has 0 aromatic carbocycles. The lowest BCUT2D eigenvalue weighted by atomic mass is 9.80. The van der Waals surface area contributed by atoms with Crippen LogP contribution in [0, 0.1) is 39.9 Å². The summed E-state index contributed by atoms with van der Waals surface area (Å²) in [6.45, 7) is 1.89. The van der Waals surface area contributed by atoms with E-state index in [-0.39, 0.29) is 23.7 Å². The molecular weight excluding hydrogens is 298 g/mol. The molecule has 0 radical (unpaired) electrons. The molecule has 0 heterocycles. The molecule has 1 aliphatic rings. The molecule has 0 spiro atoms. The number of esters is 1. The number of thioether (sulfide) groups is 1. The Labute approximate surface area is 134 Å². The smallest absolute Gasteiger partial charge is 0.348 e. The Kier molecular flexibility index (Phi) is 7.23. The fraction of sp³-hybridized carbons (Fsp3) is 0.500. The van der Waals surface area contributed by atoms with Gasteiger partial charge in [-0.1, -0.05) is 6.42 Å². The third-order valence-corrected chi connectivity index (χ3v) is 4.46. The van der Waals surface area contributed by atoms with E-state index in [2.05, 4.69) is 0 Å². The first-order valence-electron chi connectivity index (χ1n) is 7.03. The van der Waals surface area contributed by atoms with Crippen molar-refractivity contribution >= 4 is 17.7 Å². The molecule has 0 aromatic rings. The van der Waals surface area contributed by atoms with Crippen molar-refractivity contribution < 1.29 is 9.53 Å². The highest BCUT2D eigenvalue weighted by Gasteiger charge is 2.30. The SMILES string of the molecule is CCOC(=O)C(C#N)=C1CCCCC1C(SC)=C(C#N)C#N. The summed E-state index contributed by atoms with van der Waals surface area (Å²) < 4.78 is 4.95. The van der Waals surface area contributed by atoms with Gasteiger partial charge in [-0.3, -0.25) is 0 Å². The van der Waals surface area contributed by atoms with Crippen molar-refractivity contribution in [2.75, 3.05) is 12.9 Å². The van der Waals surface area contributed by atoms with Crippen LogP contribution < -0.4 is 0 Å². The number of nitriles is 3. The molecule has 1 aliphatic carbocycles. The summed E-state index contributed by atoms with van der Waals surface area (Å²) in [6, 6.07) is 5.76. The highest BCUT2D eigenvalue weighted by atomic mass is 32.2. The van der Waals surface area contributed by atoms with Crippen molar-refractivity contribution in [1.29, 1.82) is 15.8 Å². The maximum atomic E-state index is 12.0. The second kappa shape index (κ2) is 8.93. The highest BCUT2D eigenvalue weighted by molar-refractivity contribution is 8.02. The molecule has 1 rings (SSSR count). The summed E-state index contributed by atoms with van der Waals surface area (Å²) in [4.78, 5) is 12.6. The second-order valence-electron chi connectivity index (χ2n) is 4.70. The quantitative estimate of drug-likeness (QED) is 0.449. The normalized spacial score (nSPS) is 19.1. The average Bonchev–Trinajstić information content (AvgIpc) is 2.54. The van der Waals surface area contributed by atoms with Crippen LogP contribution in [-0.2, 0) is 9.53 Å². The largest absolute Gasteiger partial charge is 0.462 e. The van der Waals surface area contributed by atoms with E-state index in [1.54, 1.807) is 13.2 Å². The van der Waals surface area contributed by atoms with Crippen LogP contribution in [0.15, 0.2) is 21.6 Å². The maximum absolute atomic E-state index is 12.0. The zero-order valence-electron chi connectivity index (χ0n) is 12.7. The standard InChI is InChI=1S/C16H17N3O2S/c1-3-21-16(20)14(10-19)12-6-4-5-7-13(12)15(22-2)11(8-17)9-18/h13H,3-7H2,1-2H3. The van der Waals surface area contributed by atoms with Crippen molar-refractivity contribution in [3.63, 3.8) is 0 Å². The molecule has 1 saturated carbocycles. The minimum absolute atomic E-state index is 0.0216. The van der Waals surface area contributed by atoms with Gasteiger partial charge in [-0.15, -0.1) is 11.8 Å². The minimum atomic E-state index is -0.622. The molecule has 0 N–H and O–H groups in total. The predicted molar refractivity (Wildman–Crippen MR) is 83.0 cm³/mol. The first-order valence-corrected chi connectivity index (χ1v) is 8.25. The lowest BCUT2D eigenvalue weighted by molar-refractivity contribution is -0.138. The van der Waals surface area contributed by atoms with Crippen LogP contribution in [0.5, 0.6) is 0 Å². The van der Waals surface area contributed by atoms with E-state index in [9.17, 15) is 10.1 Å². The van der Waals surface area contributed by atoms with Crippen molar-refractivity contribution in [3.05, 3.63) is 21.6 Å². The molecule has 22 heavy (non-hydrogen) atoms. The summed E-state index contributed by atoms with van der Waals surface area (Å²) in [5.74, 6) is -0.847. The fourth-order valence-electron chi connectivity index (χ4n) is 2.61. The van der Waals surface area contributed by atoms with E-state index in [4.69, 9.17) is 15.3 Å². The van der Waals surface area contributed by atoms with Gasteiger partial charge >= 0.3 is 5.97 Å². The van der Waals surface area contributed by atoms with Crippen LogP contribution in [0.1, 0.15) is 32.6 Å². The minimum Gasteiger partial charge on any atom is -0.462 e. The number of hydrogen-bond donors (Lipinski definition) is 0. The van der Waals surface area contributed by atoms with Crippen molar-refractivity contribution in [3.8, 4) is 18.2 Å². The van der Waals surface area contributed by atoms with Crippen LogP contribution in [-0.4, -0.2) is 18.8 Å². The second-order valence-corrected chi connectivity index (χ2v) is 5.55. The lowest BCUT2D eigenvalue weighted by Gasteiger charge is -2.27. The molecule has 1 atom stereocenters. The molecule has 5 nitrogen and oxygen atoms in total. The monoisotopic (exact) mass is 315 g/mol. The molecule has 0 aromatic heterocycles. The van der Waals surface area contributed by atoms with E-state index in [1.807, 2.05) is 18.2 Å². The van der Waals surface area contributed by atoms with Gasteiger partial charge in [0.2, 0.25) is 0 Å². The summed E-state index contributed by atoms with van der Waals surface area (Å²) >= 11 is 1.33. The Morgan fingerprint density at radius 3 is 2.45 bits per heavy atom. The first kappa shape index (κ1) is 17.8. The maximum Gasteiger partial charge on any atom is 0.348 e. The molecule has 1 fully saturated rings. The Bertz CT molecular complexity index is 613. The zero-order chi connectivity index (χ0) is 16.5. The molecule has 0 bridgehead atoms. The van der Waals surface area contributed by atoms with Crippen LogP contribution in [0.3, 0.4) is 0 Å². The summed E-state index contributed by atoms with van der Waals surface area (Å²) in [7, 11) is 0. The van der Waals surface area contributed by atoms with E-state index in [1.165, 1.54) is 11.8 Å². The van der Waals surface area contributed by atoms with Crippen LogP contribution in [0.25, 0.3) is 0 Å². The number of hydrogen-bond acceptors (Lipinski definition) is 6. The van der Waals surface area contributed by atoms with Crippen molar-refractivity contribution in [2.45, 2.75) is 32.6 Å². The molecule has 1 unspecified atom stereocenters. The van der Waals surface area contributed by atoms with Gasteiger partial charge in [-0.05, 0) is 38.0 Å². The lowest BCUT2D eigenvalue weighted by Crippen LogP contribution is -2.18. The van der Waals surface area contributed by atoms with E-state index < -0.39 is 5.97 Å². The third kappa shape index (κ3) is 3.91. The molecule has 6 heteroatoms. The van der Waals surface area contributed by atoms with Gasteiger partial charge in [0, 0.05) is 10.8 Å². The van der Waals surface area contributed by atoms with Crippen LogP contribution in [0.2, 0.25) is 0 Å². The number of allylic oxidation sites excluding steroid dienone is 3. The third-order valence-electron chi connectivity index (χ3n) is 3.53. The van der Waals surface area contributed by atoms with Gasteiger partial charge in [0.1, 0.15) is 29.4 Å². The Balaban J connectivity index is 3.41. The number of carbonyl (C=O) groups is 1. The number of carbonyl (C=O) groups excluding carboxylic acids is 1. The van der Waals surface area contributed by atoms with Gasteiger partial charge in [-0.2, -0.15) is 15.8 Å².